The van der Waals surface area contributed by atoms with Gasteiger partial charge < -0.3 is 24.2 Å². The standard InChI is InChI=1S/C58H103O11P/c1-4-7-10-13-16-19-21-23-25-26-27-28-30-32-34-37-40-43-46-49-58(62)69-55(51-65-56(60)47-44-41-38-36-33-31-29-24-22-20-17-14-11-8-5-2)53-67-70(63,64)66-52-54(50-59)68-57(61)48-45-42-39-35-18-15-12-9-6-3/h7,10,16,19,23,25,27-28,32,34,54-55,59H,4-6,8-9,11-15,17-18,20-22,24,26,29-31,33,35-53H2,1-3H3,(H,63,64)/b10-7-,19-16-,25-23-,28-27-,34-32-. The molecule has 11 nitrogen and oxygen atoms in total. The van der Waals surface area contributed by atoms with E-state index in [1.165, 1.54) is 103 Å². The van der Waals surface area contributed by atoms with Gasteiger partial charge in [-0.05, 0) is 64.2 Å². The SMILES string of the molecule is CC/C=C\C/C=C\C/C=C\C/C=C\C/C=C\CCCCCC(=O)OC(COC(=O)CCCCCCCCCCCCCCCCC)COP(=O)(O)OCC(CO)OC(=O)CCCCCCCCCCC. The Labute approximate surface area is 427 Å². The Bertz CT molecular complexity index is 1410. The molecular weight excluding hydrogens is 904 g/mol. The molecule has 0 fully saturated rings. The zero-order chi connectivity index (χ0) is 51.3. The second kappa shape index (κ2) is 52.5. The molecule has 0 bridgehead atoms. The highest BCUT2D eigenvalue weighted by molar-refractivity contribution is 7.47. The first-order valence-corrected chi connectivity index (χ1v) is 29.7. The lowest BCUT2D eigenvalue weighted by molar-refractivity contribution is -0.161. The Hall–Kier alpha value is -2.82. The summed E-state index contributed by atoms with van der Waals surface area (Å²) >= 11 is 0. The molecule has 3 unspecified atom stereocenters. The van der Waals surface area contributed by atoms with E-state index in [2.05, 4.69) is 81.5 Å². The van der Waals surface area contributed by atoms with Gasteiger partial charge in [0.15, 0.2) is 6.10 Å². The van der Waals surface area contributed by atoms with Crippen molar-refractivity contribution in [2.24, 2.45) is 0 Å². The molecule has 0 rings (SSSR count). The van der Waals surface area contributed by atoms with Crippen LogP contribution in [-0.2, 0) is 42.2 Å². The molecular formula is C58H103O11P. The molecule has 0 heterocycles. The molecule has 0 aliphatic carbocycles. The molecule has 0 aromatic carbocycles. The summed E-state index contributed by atoms with van der Waals surface area (Å²) in [7, 11) is -4.75. The van der Waals surface area contributed by atoms with Crippen LogP contribution in [0.25, 0.3) is 0 Å². The number of aliphatic hydroxyl groups excluding tert-OH is 1. The van der Waals surface area contributed by atoms with Gasteiger partial charge in [-0.3, -0.25) is 23.4 Å². The van der Waals surface area contributed by atoms with Crippen LogP contribution in [0.1, 0.15) is 252 Å². The highest BCUT2D eigenvalue weighted by Crippen LogP contribution is 2.43. The average molecular weight is 1010 g/mol. The maximum absolute atomic E-state index is 12.9. The lowest BCUT2D eigenvalue weighted by Crippen LogP contribution is -2.30. The normalized spacial score (nSPS) is 13.8. The van der Waals surface area contributed by atoms with Crippen molar-refractivity contribution >= 4 is 25.7 Å². The predicted octanol–water partition coefficient (Wildman–Crippen LogP) is 16.4. The van der Waals surface area contributed by atoms with E-state index in [1.54, 1.807) is 0 Å². The van der Waals surface area contributed by atoms with Crippen LogP contribution in [0.15, 0.2) is 60.8 Å². The Morgan fingerprint density at radius 3 is 1.14 bits per heavy atom. The lowest BCUT2D eigenvalue weighted by Gasteiger charge is -2.21. The van der Waals surface area contributed by atoms with E-state index in [9.17, 15) is 28.9 Å². The predicted molar refractivity (Wildman–Crippen MR) is 288 cm³/mol. The zero-order valence-electron chi connectivity index (χ0n) is 44.7. The number of ether oxygens (including phenoxy) is 3. The van der Waals surface area contributed by atoms with Gasteiger partial charge in [-0.2, -0.15) is 0 Å². The quantitative estimate of drug-likeness (QED) is 0.0197. The van der Waals surface area contributed by atoms with Gasteiger partial charge in [0.1, 0.15) is 12.7 Å². The van der Waals surface area contributed by atoms with Crippen LogP contribution < -0.4 is 0 Å². The Balaban J connectivity index is 4.77. The molecule has 0 amide bonds. The van der Waals surface area contributed by atoms with Crippen molar-refractivity contribution in [1.82, 2.24) is 0 Å². The second-order valence-electron chi connectivity index (χ2n) is 18.7. The van der Waals surface area contributed by atoms with Crippen molar-refractivity contribution in [2.45, 2.75) is 264 Å². The molecule has 0 aliphatic heterocycles. The zero-order valence-corrected chi connectivity index (χ0v) is 45.6. The number of carbonyl (C=O) groups is 3. The summed E-state index contributed by atoms with van der Waals surface area (Å²) in [4.78, 5) is 48.4. The molecule has 0 aromatic heterocycles. The lowest BCUT2D eigenvalue weighted by atomic mass is 10.0. The number of rotatable bonds is 52. The fourth-order valence-corrected chi connectivity index (χ4v) is 8.46. The fraction of sp³-hybridized carbons (Fsp3) is 0.776. The first-order valence-electron chi connectivity index (χ1n) is 28.2. The minimum Gasteiger partial charge on any atom is -0.462 e. The van der Waals surface area contributed by atoms with Crippen molar-refractivity contribution in [3.8, 4) is 0 Å². The van der Waals surface area contributed by atoms with Crippen LogP contribution >= 0.6 is 7.82 Å². The van der Waals surface area contributed by atoms with Crippen molar-refractivity contribution < 1.29 is 52.2 Å². The third-order valence-corrected chi connectivity index (χ3v) is 12.9. The average Bonchev–Trinajstić information content (AvgIpc) is 3.35. The smallest absolute Gasteiger partial charge is 0.462 e. The van der Waals surface area contributed by atoms with E-state index in [0.717, 1.165) is 89.9 Å². The fourth-order valence-electron chi connectivity index (χ4n) is 7.68. The van der Waals surface area contributed by atoms with Gasteiger partial charge in [-0.15, -0.1) is 0 Å². The van der Waals surface area contributed by atoms with Crippen molar-refractivity contribution in [3.63, 3.8) is 0 Å². The second-order valence-corrected chi connectivity index (χ2v) is 20.2. The highest BCUT2D eigenvalue weighted by atomic mass is 31.2. The molecule has 0 saturated carbocycles. The van der Waals surface area contributed by atoms with E-state index in [1.807, 2.05) is 0 Å². The Morgan fingerprint density at radius 1 is 0.414 bits per heavy atom. The Morgan fingerprint density at radius 2 is 0.743 bits per heavy atom. The van der Waals surface area contributed by atoms with Gasteiger partial charge in [-0.1, -0.05) is 229 Å². The molecule has 0 spiro atoms. The first kappa shape index (κ1) is 67.2. The molecule has 3 atom stereocenters. The van der Waals surface area contributed by atoms with Gasteiger partial charge in [0.05, 0.1) is 19.8 Å². The van der Waals surface area contributed by atoms with Gasteiger partial charge in [0, 0.05) is 19.3 Å². The number of esters is 3. The number of aliphatic hydroxyl groups is 1. The summed E-state index contributed by atoms with van der Waals surface area (Å²) in [5.74, 6) is -1.49. The molecule has 0 saturated heterocycles. The minimum absolute atomic E-state index is 0.130. The van der Waals surface area contributed by atoms with E-state index in [-0.39, 0.29) is 25.9 Å². The van der Waals surface area contributed by atoms with Crippen LogP contribution in [0.4, 0.5) is 0 Å². The summed E-state index contributed by atoms with van der Waals surface area (Å²) in [5, 5.41) is 9.76. The summed E-state index contributed by atoms with van der Waals surface area (Å²) in [6.07, 6.45) is 56.2. The maximum Gasteiger partial charge on any atom is 0.472 e. The van der Waals surface area contributed by atoms with Crippen LogP contribution in [0, 0.1) is 0 Å². The third kappa shape index (κ3) is 50.1. The number of phosphoric ester groups is 1. The number of hydrogen-bond donors (Lipinski definition) is 2. The van der Waals surface area contributed by atoms with Gasteiger partial charge in [-0.25, -0.2) is 4.57 Å². The summed E-state index contributed by atoms with van der Waals surface area (Å²) in [5.41, 5.74) is 0. The van der Waals surface area contributed by atoms with E-state index in [0.29, 0.717) is 19.3 Å². The number of phosphoric acid groups is 1. The van der Waals surface area contributed by atoms with Crippen LogP contribution in [0.2, 0.25) is 0 Å². The van der Waals surface area contributed by atoms with Gasteiger partial charge in [0.25, 0.3) is 0 Å². The number of carbonyl (C=O) groups excluding carboxylic acids is 3. The minimum atomic E-state index is -4.75. The van der Waals surface area contributed by atoms with E-state index < -0.39 is 57.8 Å². The van der Waals surface area contributed by atoms with Crippen LogP contribution in [0.5, 0.6) is 0 Å². The monoisotopic (exact) mass is 1010 g/mol. The molecule has 0 radical (unpaired) electrons. The van der Waals surface area contributed by atoms with Crippen LogP contribution in [0.3, 0.4) is 0 Å². The van der Waals surface area contributed by atoms with Gasteiger partial charge in [0.2, 0.25) is 0 Å². The molecule has 0 aromatic rings. The van der Waals surface area contributed by atoms with Crippen molar-refractivity contribution in [3.05, 3.63) is 60.8 Å². The van der Waals surface area contributed by atoms with E-state index in [4.69, 9.17) is 23.3 Å². The molecule has 2 N–H and O–H groups in total. The molecule has 406 valence electrons. The third-order valence-electron chi connectivity index (χ3n) is 12.0. The number of allylic oxidation sites excluding steroid dienone is 10. The van der Waals surface area contributed by atoms with Crippen molar-refractivity contribution in [2.75, 3.05) is 26.4 Å². The molecule has 70 heavy (non-hydrogen) atoms. The van der Waals surface area contributed by atoms with Crippen LogP contribution in [-0.4, -0.2) is 66.5 Å². The highest BCUT2D eigenvalue weighted by Gasteiger charge is 2.28. The maximum atomic E-state index is 12.9. The Kier molecular flexibility index (Phi) is 50.4. The first-order chi connectivity index (χ1) is 34.2. The van der Waals surface area contributed by atoms with Crippen molar-refractivity contribution in [1.29, 1.82) is 0 Å². The summed E-state index contributed by atoms with van der Waals surface area (Å²) in [6.45, 7) is 4.48. The van der Waals surface area contributed by atoms with E-state index >= 15 is 0 Å². The topological polar surface area (TPSA) is 155 Å². The largest absolute Gasteiger partial charge is 0.472 e. The number of unbranched alkanes of at least 4 members (excludes halogenated alkanes) is 25. The van der Waals surface area contributed by atoms with Gasteiger partial charge >= 0.3 is 25.7 Å². The molecule has 12 heteroatoms. The summed E-state index contributed by atoms with van der Waals surface area (Å²) in [6, 6.07) is 0. The molecule has 0 aliphatic rings. The number of hydrogen-bond acceptors (Lipinski definition) is 10. The summed E-state index contributed by atoms with van der Waals surface area (Å²) < 4.78 is 39.4.